The fourth-order valence-electron chi connectivity index (χ4n) is 1.05. The molecule has 1 aromatic heterocycles. The number of benzene rings is 1. The maximum absolute atomic E-state index is 9.01. The fourth-order valence-corrected chi connectivity index (χ4v) is 1.18. The van der Waals surface area contributed by atoms with Gasteiger partial charge in [0.15, 0.2) is 0 Å². The third-order valence-electron chi connectivity index (χ3n) is 1.67. The summed E-state index contributed by atoms with van der Waals surface area (Å²) in [5.74, 6) is 0.00921. The second-order valence-electron chi connectivity index (χ2n) is 2.59. The molecular formula is C9H7ClN2NaO. The monoisotopic (exact) mass is 217 g/mol. The van der Waals surface area contributed by atoms with Crippen molar-refractivity contribution in [3.8, 4) is 11.6 Å². The van der Waals surface area contributed by atoms with E-state index in [-0.39, 0.29) is 35.4 Å². The van der Waals surface area contributed by atoms with Gasteiger partial charge in [-0.2, -0.15) is 0 Å². The van der Waals surface area contributed by atoms with E-state index in [2.05, 4.69) is 5.10 Å². The van der Waals surface area contributed by atoms with Crippen molar-refractivity contribution in [3.05, 3.63) is 41.6 Å². The van der Waals surface area contributed by atoms with E-state index in [4.69, 9.17) is 16.7 Å². The van der Waals surface area contributed by atoms with E-state index in [1.807, 2.05) is 12.1 Å². The number of halogens is 1. The smallest absolute Gasteiger partial charge is 0.230 e. The Bertz CT molecular complexity index is 413. The summed E-state index contributed by atoms with van der Waals surface area (Å²) in [6.07, 6.45) is 1.68. The van der Waals surface area contributed by atoms with Gasteiger partial charge in [-0.3, -0.25) is 0 Å². The van der Waals surface area contributed by atoms with Gasteiger partial charge < -0.3 is 5.11 Å². The van der Waals surface area contributed by atoms with Crippen LogP contribution in [0.3, 0.4) is 0 Å². The molecule has 5 heteroatoms. The van der Waals surface area contributed by atoms with Crippen LogP contribution in [0, 0.1) is 0 Å². The largest absolute Gasteiger partial charge is 0.492 e. The summed E-state index contributed by atoms with van der Waals surface area (Å²) in [5, 5.41) is 13.5. The Kier molecular flexibility index (Phi) is 4.01. The van der Waals surface area contributed by atoms with Crippen molar-refractivity contribution in [2.45, 2.75) is 0 Å². The quantitative estimate of drug-likeness (QED) is 0.741. The van der Waals surface area contributed by atoms with E-state index in [1.165, 1.54) is 6.07 Å². The summed E-state index contributed by atoms with van der Waals surface area (Å²) in [6.45, 7) is 0. The molecule has 0 aliphatic carbocycles. The van der Waals surface area contributed by atoms with E-state index in [0.29, 0.717) is 5.02 Å². The van der Waals surface area contributed by atoms with Gasteiger partial charge >= 0.3 is 0 Å². The summed E-state index contributed by atoms with van der Waals surface area (Å²) in [7, 11) is 0. The first-order valence-corrected chi connectivity index (χ1v) is 4.14. The molecule has 3 nitrogen and oxygen atoms in total. The minimum Gasteiger partial charge on any atom is -0.492 e. The van der Waals surface area contributed by atoms with Crippen LogP contribution >= 0.6 is 11.6 Å². The summed E-state index contributed by atoms with van der Waals surface area (Å²) < 4.78 is 1.58. The van der Waals surface area contributed by atoms with Crippen molar-refractivity contribution in [2.24, 2.45) is 0 Å². The molecular weight excluding hydrogens is 211 g/mol. The molecule has 0 fully saturated rings. The van der Waals surface area contributed by atoms with Crippen LogP contribution in [0.25, 0.3) is 5.69 Å². The molecule has 0 aliphatic heterocycles. The average molecular weight is 218 g/mol. The summed E-state index contributed by atoms with van der Waals surface area (Å²) in [6, 6.07) is 8.73. The van der Waals surface area contributed by atoms with Gasteiger partial charge in [-0.25, -0.2) is 4.68 Å². The van der Waals surface area contributed by atoms with Gasteiger partial charge in [0.25, 0.3) is 0 Å². The SMILES string of the molecule is Oc1ccn(-c2ccc(Cl)cc2)n1.[Na]. The number of hydrogen-bond acceptors (Lipinski definition) is 2. The molecule has 0 bridgehead atoms. The van der Waals surface area contributed by atoms with E-state index >= 15 is 0 Å². The molecule has 1 heterocycles. The van der Waals surface area contributed by atoms with Gasteiger partial charge in [0.2, 0.25) is 5.88 Å². The third-order valence-corrected chi connectivity index (χ3v) is 1.92. The number of aromatic hydroxyl groups is 1. The van der Waals surface area contributed by atoms with Gasteiger partial charge in [0.1, 0.15) is 0 Å². The van der Waals surface area contributed by atoms with Crippen LogP contribution in [-0.4, -0.2) is 44.4 Å². The van der Waals surface area contributed by atoms with Crippen LogP contribution in [0.4, 0.5) is 0 Å². The molecule has 0 saturated heterocycles. The van der Waals surface area contributed by atoms with Crippen molar-refractivity contribution >= 4 is 41.2 Å². The van der Waals surface area contributed by atoms with E-state index in [9.17, 15) is 0 Å². The topological polar surface area (TPSA) is 38.0 Å². The van der Waals surface area contributed by atoms with Crippen molar-refractivity contribution < 1.29 is 5.11 Å². The average Bonchev–Trinajstić information content (AvgIpc) is 2.53. The number of nitrogens with zero attached hydrogens (tertiary/aromatic N) is 2. The molecule has 0 aliphatic rings. The molecule has 2 rings (SSSR count). The van der Waals surface area contributed by atoms with Crippen molar-refractivity contribution in [1.29, 1.82) is 0 Å². The zero-order valence-corrected chi connectivity index (χ0v) is 10.4. The Balaban J connectivity index is 0.000000980. The molecule has 1 aromatic carbocycles. The fraction of sp³-hybridized carbons (Fsp3) is 0. The minimum atomic E-state index is 0. The molecule has 0 atom stereocenters. The van der Waals surface area contributed by atoms with Crippen LogP contribution in [0.5, 0.6) is 5.88 Å². The molecule has 0 unspecified atom stereocenters. The molecule has 1 radical (unpaired) electrons. The van der Waals surface area contributed by atoms with Gasteiger partial charge in [-0.1, -0.05) is 11.6 Å². The zero-order chi connectivity index (χ0) is 9.26. The number of rotatable bonds is 1. The van der Waals surface area contributed by atoms with Gasteiger partial charge in [0.05, 0.1) is 5.69 Å². The van der Waals surface area contributed by atoms with Gasteiger partial charge in [0, 0.05) is 46.8 Å². The van der Waals surface area contributed by atoms with Crippen LogP contribution in [0.1, 0.15) is 0 Å². The predicted octanol–water partition coefficient (Wildman–Crippen LogP) is 1.85. The van der Waals surface area contributed by atoms with Crippen molar-refractivity contribution in [1.82, 2.24) is 9.78 Å². The normalized spacial score (nSPS) is 9.50. The minimum absolute atomic E-state index is 0. The molecule has 1 N–H and O–H groups in total. The molecule has 0 spiro atoms. The predicted molar refractivity (Wildman–Crippen MR) is 56.0 cm³/mol. The number of hydrogen-bond donors (Lipinski definition) is 1. The molecule has 67 valence electrons. The standard InChI is InChI=1S/C9H7ClN2O.Na/c10-7-1-3-8(4-2-7)12-6-5-9(13)11-12;/h1-6H,(H,11,13);. The van der Waals surface area contributed by atoms with Crippen LogP contribution in [0.2, 0.25) is 5.02 Å². The molecule has 0 amide bonds. The maximum atomic E-state index is 9.01. The molecule has 14 heavy (non-hydrogen) atoms. The van der Waals surface area contributed by atoms with Gasteiger partial charge in [-0.05, 0) is 24.3 Å². The maximum Gasteiger partial charge on any atom is 0.230 e. The Morgan fingerprint density at radius 3 is 2.29 bits per heavy atom. The van der Waals surface area contributed by atoms with Crippen LogP contribution in [0.15, 0.2) is 36.5 Å². The second kappa shape index (κ2) is 4.84. The third kappa shape index (κ3) is 2.51. The molecule has 2 aromatic rings. The second-order valence-corrected chi connectivity index (χ2v) is 3.03. The van der Waals surface area contributed by atoms with Gasteiger partial charge in [-0.15, -0.1) is 5.10 Å². The molecule has 0 saturated carbocycles. The Morgan fingerprint density at radius 1 is 1.14 bits per heavy atom. The summed E-state index contributed by atoms with van der Waals surface area (Å²) in [4.78, 5) is 0. The van der Waals surface area contributed by atoms with E-state index in [1.54, 1.807) is 23.0 Å². The number of aromatic nitrogens is 2. The summed E-state index contributed by atoms with van der Waals surface area (Å²) >= 11 is 5.73. The Morgan fingerprint density at radius 2 is 1.79 bits per heavy atom. The first-order chi connectivity index (χ1) is 6.25. The van der Waals surface area contributed by atoms with Crippen LogP contribution in [-0.2, 0) is 0 Å². The van der Waals surface area contributed by atoms with Crippen molar-refractivity contribution in [3.63, 3.8) is 0 Å². The zero-order valence-electron chi connectivity index (χ0n) is 7.68. The van der Waals surface area contributed by atoms with Crippen molar-refractivity contribution in [2.75, 3.05) is 0 Å². The Labute approximate surface area is 109 Å². The summed E-state index contributed by atoms with van der Waals surface area (Å²) in [5.41, 5.74) is 0.865. The van der Waals surface area contributed by atoms with E-state index in [0.717, 1.165) is 5.69 Å². The first kappa shape index (κ1) is 11.6. The van der Waals surface area contributed by atoms with Crippen LogP contribution < -0.4 is 0 Å². The van der Waals surface area contributed by atoms with E-state index < -0.39 is 0 Å². The first-order valence-electron chi connectivity index (χ1n) is 3.76. The Hall–Kier alpha value is -0.480.